The third-order valence-corrected chi connectivity index (χ3v) is 7.72. The molecule has 3 rings (SSSR count). The Kier molecular flexibility index (Phi) is 11.0. The average molecular weight is 497 g/mol. The number of hydrogen-bond acceptors (Lipinski definition) is 5. The highest BCUT2D eigenvalue weighted by Crippen LogP contribution is 2.36. The molecule has 3 aromatic rings. The third-order valence-electron chi connectivity index (χ3n) is 5.59. The molecule has 0 aliphatic rings. The summed E-state index contributed by atoms with van der Waals surface area (Å²) in [6.07, 6.45) is 7.45. The normalized spacial score (nSPS) is 11.0. The van der Waals surface area contributed by atoms with Crippen LogP contribution in [0.3, 0.4) is 0 Å². The number of rotatable bonds is 14. The maximum absolute atomic E-state index is 9.57. The first-order valence-electron chi connectivity index (χ1n) is 12.1. The Hall–Kier alpha value is -2.24. The zero-order chi connectivity index (χ0) is 24.2. The first-order valence-corrected chi connectivity index (χ1v) is 14.1. The van der Waals surface area contributed by atoms with Crippen LogP contribution in [-0.4, -0.2) is 16.8 Å². The number of benzene rings is 3. The molecule has 0 aliphatic carbocycles. The Bertz CT molecular complexity index is 930. The second kappa shape index (κ2) is 14.2. The lowest BCUT2D eigenvalue weighted by molar-refractivity contribution is 0.300. The van der Waals surface area contributed by atoms with Gasteiger partial charge in [0.1, 0.15) is 17.2 Å². The predicted molar refractivity (Wildman–Crippen MR) is 145 cm³/mol. The number of thioether (sulfide) groups is 2. The fourth-order valence-corrected chi connectivity index (χ4v) is 5.52. The molecule has 0 heterocycles. The smallest absolute Gasteiger partial charge is 0.127 e. The molecule has 5 heteroatoms. The molecule has 0 amide bonds. The standard InChI is InChI=1S/C29H36O3S2/c1-3-4-5-6-7-8-17-32-29-23(20-33-27-13-9-25(30)10-14-27)18-22(2)19-24(29)21-34-28-15-11-26(31)12-16-28/h9-16,18-19,30-31H,3-8,17,20-21H2,1-2H3. The maximum atomic E-state index is 9.57. The monoisotopic (exact) mass is 496 g/mol. The number of aromatic hydroxyl groups is 2. The van der Waals surface area contributed by atoms with Crippen molar-refractivity contribution in [1.29, 1.82) is 0 Å². The second-order valence-electron chi connectivity index (χ2n) is 8.59. The number of ether oxygens (including phenoxy) is 1. The van der Waals surface area contributed by atoms with Crippen molar-refractivity contribution in [3.8, 4) is 17.2 Å². The van der Waals surface area contributed by atoms with Crippen LogP contribution in [0.1, 0.15) is 62.1 Å². The zero-order valence-electron chi connectivity index (χ0n) is 20.3. The summed E-state index contributed by atoms with van der Waals surface area (Å²) in [5.74, 6) is 3.22. The van der Waals surface area contributed by atoms with Crippen molar-refractivity contribution in [3.05, 3.63) is 77.4 Å². The number of phenolic OH excluding ortho intramolecular Hbond substituents is 2. The highest BCUT2D eigenvalue weighted by Gasteiger charge is 2.13. The first-order chi connectivity index (χ1) is 16.5. The molecule has 0 radical (unpaired) electrons. The molecular weight excluding hydrogens is 460 g/mol. The van der Waals surface area contributed by atoms with E-state index in [-0.39, 0.29) is 11.5 Å². The molecule has 34 heavy (non-hydrogen) atoms. The minimum Gasteiger partial charge on any atom is -0.508 e. The highest BCUT2D eigenvalue weighted by atomic mass is 32.2. The molecule has 0 unspecified atom stereocenters. The van der Waals surface area contributed by atoms with Crippen LogP contribution in [0.15, 0.2) is 70.5 Å². The second-order valence-corrected chi connectivity index (χ2v) is 10.7. The van der Waals surface area contributed by atoms with Gasteiger partial charge in [0.25, 0.3) is 0 Å². The van der Waals surface area contributed by atoms with Gasteiger partial charge in [-0.25, -0.2) is 0 Å². The summed E-state index contributed by atoms with van der Waals surface area (Å²) in [6.45, 7) is 5.12. The van der Waals surface area contributed by atoms with E-state index in [9.17, 15) is 10.2 Å². The van der Waals surface area contributed by atoms with Gasteiger partial charge in [0.05, 0.1) is 6.61 Å². The molecule has 3 nitrogen and oxygen atoms in total. The fourth-order valence-electron chi connectivity index (χ4n) is 3.79. The zero-order valence-corrected chi connectivity index (χ0v) is 21.9. The summed E-state index contributed by atoms with van der Waals surface area (Å²) in [5, 5.41) is 19.1. The van der Waals surface area contributed by atoms with Gasteiger partial charge >= 0.3 is 0 Å². The summed E-state index contributed by atoms with van der Waals surface area (Å²) in [5.41, 5.74) is 3.66. The molecule has 0 atom stereocenters. The van der Waals surface area contributed by atoms with Crippen molar-refractivity contribution < 1.29 is 14.9 Å². The maximum Gasteiger partial charge on any atom is 0.127 e. The molecule has 0 aliphatic heterocycles. The molecule has 0 saturated carbocycles. The molecule has 0 fully saturated rings. The lowest BCUT2D eigenvalue weighted by Crippen LogP contribution is -2.04. The van der Waals surface area contributed by atoms with Crippen LogP contribution >= 0.6 is 23.5 Å². The van der Waals surface area contributed by atoms with Gasteiger partial charge in [-0.15, -0.1) is 23.5 Å². The van der Waals surface area contributed by atoms with Crippen LogP contribution in [0.5, 0.6) is 17.2 Å². The average Bonchev–Trinajstić information content (AvgIpc) is 2.83. The van der Waals surface area contributed by atoms with Gasteiger partial charge in [-0.2, -0.15) is 0 Å². The number of aryl methyl sites for hydroxylation is 1. The number of hydrogen-bond donors (Lipinski definition) is 2. The summed E-state index contributed by atoms with van der Waals surface area (Å²) >= 11 is 3.51. The van der Waals surface area contributed by atoms with Gasteiger partial charge in [0.2, 0.25) is 0 Å². The Labute approximate surface area is 213 Å². The highest BCUT2D eigenvalue weighted by molar-refractivity contribution is 7.98. The van der Waals surface area contributed by atoms with Gasteiger partial charge in [0.15, 0.2) is 0 Å². The Morgan fingerprint density at radius 1 is 0.676 bits per heavy atom. The van der Waals surface area contributed by atoms with Crippen LogP contribution in [0.25, 0.3) is 0 Å². The van der Waals surface area contributed by atoms with E-state index in [1.54, 1.807) is 47.8 Å². The fraction of sp³-hybridized carbons (Fsp3) is 0.379. The summed E-state index contributed by atoms with van der Waals surface area (Å²) in [6, 6.07) is 19.2. The molecule has 2 N–H and O–H groups in total. The van der Waals surface area contributed by atoms with Crippen LogP contribution in [0, 0.1) is 6.92 Å². The summed E-state index contributed by atoms with van der Waals surface area (Å²) < 4.78 is 6.44. The van der Waals surface area contributed by atoms with Crippen molar-refractivity contribution in [1.82, 2.24) is 0 Å². The summed E-state index contributed by atoms with van der Waals surface area (Å²) in [7, 11) is 0. The minimum absolute atomic E-state index is 0.288. The molecule has 3 aromatic carbocycles. The van der Waals surface area contributed by atoms with Crippen LogP contribution in [-0.2, 0) is 11.5 Å². The van der Waals surface area contributed by atoms with E-state index in [1.807, 2.05) is 24.3 Å². The van der Waals surface area contributed by atoms with Crippen molar-refractivity contribution in [2.75, 3.05) is 6.61 Å². The first kappa shape index (κ1) is 26.4. The van der Waals surface area contributed by atoms with E-state index in [2.05, 4.69) is 26.0 Å². The van der Waals surface area contributed by atoms with Crippen molar-refractivity contribution in [3.63, 3.8) is 0 Å². The van der Waals surface area contributed by atoms with Gasteiger partial charge in [-0.1, -0.05) is 56.7 Å². The topological polar surface area (TPSA) is 49.7 Å². The largest absolute Gasteiger partial charge is 0.508 e. The number of unbranched alkanes of at least 4 members (excludes halogenated alkanes) is 5. The lowest BCUT2D eigenvalue weighted by Gasteiger charge is -2.18. The van der Waals surface area contributed by atoms with E-state index in [4.69, 9.17) is 4.74 Å². The number of phenols is 2. The Morgan fingerprint density at radius 3 is 1.65 bits per heavy atom. The van der Waals surface area contributed by atoms with E-state index in [1.165, 1.54) is 48.8 Å². The Morgan fingerprint density at radius 2 is 1.15 bits per heavy atom. The Balaban J connectivity index is 1.71. The van der Waals surface area contributed by atoms with Crippen LogP contribution in [0.2, 0.25) is 0 Å². The third kappa shape index (κ3) is 8.84. The van der Waals surface area contributed by atoms with Gasteiger partial charge in [-0.05, 0) is 61.9 Å². The molecule has 0 bridgehead atoms. The van der Waals surface area contributed by atoms with Crippen LogP contribution in [0.4, 0.5) is 0 Å². The molecule has 182 valence electrons. The van der Waals surface area contributed by atoms with E-state index < -0.39 is 0 Å². The van der Waals surface area contributed by atoms with Crippen molar-refractivity contribution in [2.45, 2.75) is 73.7 Å². The predicted octanol–water partition coefficient (Wildman–Crippen LogP) is 8.73. The van der Waals surface area contributed by atoms with Gasteiger partial charge in [-0.3, -0.25) is 0 Å². The quantitative estimate of drug-likeness (QED) is 0.173. The SMILES string of the molecule is CCCCCCCCOc1c(CSc2ccc(O)cc2)cc(C)cc1CSc1ccc(O)cc1. The van der Waals surface area contributed by atoms with Crippen molar-refractivity contribution >= 4 is 23.5 Å². The molecular formula is C29H36O3S2. The molecule has 0 spiro atoms. The van der Waals surface area contributed by atoms with E-state index >= 15 is 0 Å². The van der Waals surface area contributed by atoms with Gasteiger partial charge < -0.3 is 14.9 Å². The van der Waals surface area contributed by atoms with E-state index in [0.717, 1.165) is 40.1 Å². The van der Waals surface area contributed by atoms with Gasteiger partial charge in [0, 0.05) is 32.4 Å². The minimum atomic E-state index is 0.288. The van der Waals surface area contributed by atoms with Crippen molar-refractivity contribution in [2.24, 2.45) is 0 Å². The lowest BCUT2D eigenvalue weighted by atomic mass is 10.1. The molecule has 0 aromatic heterocycles. The summed E-state index contributed by atoms with van der Waals surface area (Å²) in [4.78, 5) is 2.25. The molecule has 0 saturated heterocycles. The van der Waals surface area contributed by atoms with E-state index in [0.29, 0.717) is 0 Å². The van der Waals surface area contributed by atoms with Crippen LogP contribution < -0.4 is 4.74 Å².